The molecule has 3 rings (SSSR count). The van der Waals surface area contributed by atoms with Gasteiger partial charge < -0.3 is 4.74 Å². The highest BCUT2D eigenvalue weighted by molar-refractivity contribution is 8.14. The van der Waals surface area contributed by atoms with Gasteiger partial charge in [-0.15, -0.1) is 0 Å². The summed E-state index contributed by atoms with van der Waals surface area (Å²) in [5, 5.41) is 5.16. The minimum Gasteiger partial charge on any atom is -0.382 e. The molecule has 2 heterocycles. The van der Waals surface area contributed by atoms with Crippen LogP contribution in [0.4, 0.5) is 0 Å². The van der Waals surface area contributed by atoms with Gasteiger partial charge in [-0.05, 0) is 37.5 Å². The molecule has 0 bridgehead atoms. The predicted molar refractivity (Wildman–Crippen MR) is 110 cm³/mol. The van der Waals surface area contributed by atoms with E-state index in [1.807, 2.05) is 19.1 Å². The van der Waals surface area contributed by atoms with Gasteiger partial charge in [0, 0.05) is 26.0 Å². The smallest absolute Gasteiger partial charge is 0.243 e. The number of nitrogens with zero attached hydrogens (tertiary/aromatic N) is 3. The average Bonchev–Trinajstić information content (AvgIpc) is 2.69. The number of hydrazone groups is 1. The molecular formula is C18H26N4O3S2. The second-order valence-electron chi connectivity index (χ2n) is 6.69. The van der Waals surface area contributed by atoms with Crippen LogP contribution in [0.5, 0.6) is 0 Å². The summed E-state index contributed by atoms with van der Waals surface area (Å²) in [4.78, 5) is 4.85. The van der Waals surface area contributed by atoms with Gasteiger partial charge in [-0.25, -0.2) is 8.42 Å². The highest BCUT2D eigenvalue weighted by atomic mass is 32.2. The van der Waals surface area contributed by atoms with Crippen molar-refractivity contribution < 1.29 is 13.2 Å². The molecule has 1 N–H and O–H groups in total. The first-order valence-electron chi connectivity index (χ1n) is 9.13. The summed E-state index contributed by atoms with van der Waals surface area (Å²) in [7, 11) is -1.74. The van der Waals surface area contributed by atoms with Crippen molar-refractivity contribution in [2.45, 2.75) is 37.1 Å². The number of hydrogen-bond donors (Lipinski definition) is 1. The van der Waals surface area contributed by atoms with Crippen LogP contribution in [0, 0.1) is 0 Å². The summed E-state index contributed by atoms with van der Waals surface area (Å²) in [6.07, 6.45) is 2.97. The fourth-order valence-corrected chi connectivity index (χ4v) is 5.47. The molecule has 2 aliphatic rings. The number of hydrogen-bond acceptors (Lipinski definition) is 6. The van der Waals surface area contributed by atoms with Crippen molar-refractivity contribution in [1.29, 1.82) is 0 Å². The number of thioether (sulfide) groups is 1. The van der Waals surface area contributed by atoms with E-state index in [2.05, 4.69) is 15.5 Å². The third-order valence-corrected chi connectivity index (χ3v) is 7.32. The van der Waals surface area contributed by atoms with Crippen LogP contribution >= 0.6 is 11.8 Å². The van der Waals surface area contributed by atoms with Crippen LogP contribution in [0.25, 0.3) is 0 Å². The van der Waals surface area contributed by atoms with Crippen LogP contribution in [0.1, 0.15) is 31.7 Å². The number of piperidine rings is 1. The number of nitrogens with one attached hydrogen (secondary N) is 1. The zero-order chi connectivity index (χ0) is 19.3. The number of ether oxygens (including phenoxy) is 1. The van der Waals surface area contributed by atoms with Crippen molar-refractivity contribution in [1.82, 2.24) is 9.73 Å². The lowest BCUT2D eigenvalue weighted by Gasteiger charge is -2.26. The molecule has 9 heteroatoms. The van der Waals surface area contributed by atoms with Crippen molar-refractivity contribution >= 4 is 32.7 Å². The van der Waals surface area contributed by atoms with Crippen LogP contribution in [-0.4, -0.2) is 62.2 Å². The highest BCUT2D eigenvalue weighted by Gasteiger charge is 2.26. The van der Waals surface area contributed by atoms with Crippen LogP contribution in [0.15, 0.2) is 39.3 Å². The Morgan fingerprint density at radius 2 is 1.96 bits per heavy atom. The van der Waals surface area contributed by atoms with Gasteiger partial charge in [0.15, 0.2) is 5.17 Å². The number of methoxy groups -OCH3 is 1. The van der Waals surface area contributed by atoms with Gasteiger partial charge >= 0.3 is 0 Å². The standard InChI is InChI=1S/C18H26N4O3S2/c1-14(12-25-2)19-18-21-20-17(13-26-18)15-6-8-16(9-7-15)27(23,24)22-10-4-3-5-11-22/h6-9,14H,3-5,10-13H2,1-2H3,(H,19,21)/t14-/m0/s1. The quantitative estimate of drug-likeness (QED) is 0.778. The molecule has 148 valence electrons. The summed E-state index contributed by atoms with van der Waals surface area (Å²) in [6.45, 7) is 3.77. The fraction of sp³-hybridized carbons (Fsp3) is 0.556. The van der Waals surface area contributed by atoms with E-state index in [1.54, 1.807) is 35.3 Å². The maximum atomic E-state index is 12.7. The van der Waals surface area contributed by atoms with Crippen molar-refractivity contribution in [3.8, 4) is 0 Å². The average molecular weight is 411 g/mol. The Morgan fingerprint density at radius 3 is 2.56 bits per heavy atom. The van der Waals surface area contributed by atoms with Crippen LogP contribution < -0.4 is 5.43 Å². The summed E-state index contributed by atoms with van der Waals surface area (Å²) in [5.74, 6) is 0.684. The number of benzene rings is 1. The molecule has 1 fully saturated rings. The first-order chi connectivity index (χ1) is 13.0. The monoisotopic (exact) mass is 410 g/mol. The SMILES string of the molecule is COC[C@H](C)N=C1NN=C(c2ccc(S(=O)(=O)N3CCCCC3)cc2)CS1. The second-order valence-corrected chi connectivity index (χ2v) is 9.59. The molecule has 27 heavy (non-hydrogen) atoms. The van der Waals surface area contributed by atoms with Gasteiger partial charge in [-0.1, -0.05) is 30.3 Å². The normalized spacial score (nSPS) is 21.6. The third-order valence-electron chi connectivity index (χ3n) is 4.52. The predicted octanol–water partition coefficient (Wildman–Crippen LogP) is 2.29. The zero-order valence-electron chi connectivity index (χ0n) is 15.7. The van der Waals surface area contributed by atoms with Crippen molar-refractivity contribution in [2.75, 3.05) is 32.6 Å². The first-order valence-corrected chi connectivity index (χ1v) is 11.6. The fourth-order valence-electron chi connectivity index (χ4n) is 3.08. The van der Waals surface area contributed by atoms with E-state index in [-0.39, 0.29) is 6.04 Å². The van der Waals surface area contributed by atoms with Crippen LogP contribution in [0.2, 0.25) is 0 Å². The van der Waals surface area contributed by atoms with Crippen LogP contribution in [0.3, 0.4) is 0 Å². The molecule has 0 radical (unpaired) electrons. The Labute approximate surface area is 165 Å². The van der Waals surface area contributed by atoms with E-state index in [1.165, 1.54) is 0 Å². The van der Waals surface area contributed by atoms with Crippen molar-refractivity contribution in [2.24, 2.45) is 10.1 Å². The van der Waals surface area contributed by atoms with Crippen LogP contribution in [-0.2, 0) is 14.8 Å². The Hall–Kier alpha value is -1.42. The van der Waals surface area contributed by atoms with Gasteiger partial charge in [0.05, 0.1) is 23.3 Å². The zero-order valence-corrected chi connectivity index (χ0v) is 17.4. The molecule has 0 amide bonds. The van der Waals surface area contributed by atoms with E-state index in [4.69, 9.17) is 4.74 Å². The Kier molecular flexibility index (Phi) is 6.91. The maximum Gasteiger partial charge on any atom is 0.243 e. The summed E-state index contributed by atoms with van der Waals surface area (Å²) < 4.78 is 32.1. The molecular weight excluding hydrogens is 384 g/mol. The minimum atomic E-state index is -3.40. The van der Waals surface area contributed by atoms with E-state index in [9.17, 15) is 8.42 Å². The lowest BCUT2D eigenvalue weighted by molar-refractivity contribution is 0.186. The molecule has 7 nitrogen and oxygen atoms in total. The van der Waals surface area contributed by atoms with E-state index in [0.29, 0.717) is 30.3 Å². The third kappa shape index (κ3) is 5.10. The number of amidine groups is 1. The summed E-state index contributed by atoms with van der Waals surface area (Å²) in [5.41, 5.74) is 4.76. The molecule has 1 saturated heterocycles. The minimum absolute atomic E-state index is 0.0704. The molecule has 1 aromatic carbocycles. The van der Waals surface area contributed by atoms with Crippen molar-refractivity contribution in [3.05, 3.63) is 29.8 Å². The Morgan fingerprint density at radius 1 is 1.26 bits per heavy atom. The van der Waals surface area contributed by atoms with E-state index in [0.717, 1.165) is 35.7 Å². The molecule has 0 aromatic heterocycles. The summed E-state index contributed by atoms with van der Waals surface area (Å²) >= 11 is 1.58. The number of rotatable bonds is 6. The Balaban J connectivity index is 1.68. The van der Waals surface area contributed by atoms with Gasteiger partial charge in [0.25, 0.3) is 0 Å². The number of sulfonamides is 1. The lowest BCUT2D eigenvalue weighted by Crippen LogP contribution is -2.35. The molecule has 1 atom stereocenters. The highest BCUT2D eigenvalue weighted by Crippen LogP contribution is 2.22. The Bertz CT molecular complexity index is 800. The topological polar surface area (TPSA) is 83.4 Å². The summed E-state index contributed by atoms with van der Waals surface area (Å²) in [6, 6.07) is 7.08. The van der Waals surface area contributed by atoms with Crippen molar-refractivity contribution in [3.63, 3.8) is 0 Å². The van der Waals surface area contributed by atoms with Gasteiger partial charge in [-0.3, -0.25) is 10.4 Å². The first kappa shape index (κ1) is 20.3. The molecule has 1 aromatic rings. The van der Waals surface area contributed by atoms with E-state index >= 15 is 0 Å². The molecule has 0 spiro atoms. The van der Waals surface area contributed by atoms with Gasteiger partial charge in [0.2, 0.25) is 10.0 Å². The second kappa shape index (κ2) is 9.18. The largest absolute Gasteiger partial charge is 0.382 e. The van der Waals surface area contributed by atoms with E-state index < -0.39 is 10.0 Å². The number of aliphatic imine (C=N–C) groups is 1. The molecule has 0 saturated carbocycles. The molecule has 2 aliphatic heterocycles. The maximum absolute atomic E-state index is 12.7. The molecule has 0 aliphatic carbocycles. The lowest BCUT2D eigenvalue weighted by atomic mass is 10.1. The molecule has 0 unspecified atom stereocenters. The van der Waals surface area contributed by atoms with Gasteiger partial charge in [-0.2, -0.15) is 9.41 Å². The van der Waals surface area contributed by atoms with Gasteiger partial charge in [0.1, 0.15) is 0 Å².